The van der Waals surface area contributed by atoms with Gasteiger partial charge in [-0.2, -0.15) is 0 Å². The largest absolute Gasteiger partial charge is 0.467 e. The van der Waals surface area contributed by atoms with Gasteiger partial charge in [0.05, 0.1) is 18.7 Å². The van der Waals surface area contributed by atoms with Gasteiger partial charge in [-0.25, -0.2) is 0 Å². The smallest absolute Gasteiger partial charge is 0.243 e. The monoisotopic (exact) mass is 383 g/mol. The summed E-state index contributed by atoms with van der Waals surface area (Å²) in [4.78, 5) is 39.2. The zero-order valence-electron chi connectivity index (χ0n) is 16.1. The van der Waals surface area contributed by atoms with Gasteiger partial charge in [0.1, 0.15) is 11.8 Å². The molecule has 0 spiro atoms. The summed E-state index contributed by atoms with van der Waals surface area (Å²) in [5, 5.41) is 5.60. The molecule has 1 aliphatic rings. The van der Waals surface area contributed by atoms with Crippen molar-refractivity contribution in [3.63, 3.8) is 0 Å². The van der Waals surface area contributed by atoms with Crippen LogP contribution in [0.25, 0.3) is 0 Å². The Labute approximate surface area is 164 Å². The number of hydrogen-bond acceptors (Lipinski definition) is 4. The summed E-state index contributed by atoms with van der Waals surface area (Å²) < 4.78 is 5.21. The molecular weight excluding hydrogens is 358 g/mol. The molecule has 0 bridgehead atoms. The molecule has 1 saturated heterocycles. The molecule has 2 atom stereocenters. The van der Waals surface area contributed by atoms with E-state index in [-0.39, 0.29) is 36.6 Å². The van der Waals surface area contributed by atoms with Crippen LogP contribution in [0.5, 0.6) is 0 Å². The number of para-hydroxylation sites is 1. The number of furan rings is 1. The third-order valence-electron chi connectivity index (χ3n) is 4.83. The highest BCUT2D eigenvalue weighted by Gasteiger charge is 2.37. The van der Waals surface area contributed by atoms with Gasteiger partial charge in [0.2, 0.25) is 17.7 Å². The molecule has 0 radical (unpaired) electrons. The van der Waals surface area contributed by atoms with Crippen molar-refractivity contribution < 1.29 is 18.8 Å². The van der Waals surface area contributed by atoms with Crippen molar-refractivity contribution in [3.8, 4) is 0 Å². The number of nitrogens with one attached hydrogen (secondary N) is 2. The standard InChI is InChI=1S/C21H25N3O4/c1-14(2)19(21(27)22-12-17-9-6-10-28-17)23-20(26)15-11-18(25)24(13-15)16-7-4-3-5-8-16/h3-10,14-15,19H,11-13H2,1-2H3,(H,22,27)(H,23,26). The van der Waals surface area contributed by atoms with Crippen molar-refractivity contribution in [1.82, 2.24) is 10.6 Å². The SMILES string of the molecule is CC(C)C(NC(=O)C1CC(=O)N(c2ccccc2)C1)C(=O)NCc1ccco1. The number of anilines is 1. The highest BCUT2D eigenvalue weighted by Crippen LogP contribution is 2.25. The Morgan fingerprint density at radius 1 is 1.18 bits per heavy atom. The minimum absolute atomic E-state index is 0.0882. The van der Waals surface area contributed by atoms with E-state index in [1.807, 2.05) is 44.2 Å². The van der Waals surface area contributed by atoms with Gasteiger partial charge in [-0.3, -0.25) is 14.4 Å². The van der Waals surface area contributed by atoms with Crippen molar-refractivity contribution in [2.24, 2.45) is 11.8 Å². The van der Waals surface area contributed by atoms with Crippen LogP contribution < -0.4 is 15.5 Å². The van der Waals surface area contributed by atoms with Crippen molar-refractivity contribution in [3.05, 3.63) is 54.5 Å². The van der Waals surface area contributed by atoms with Crippen LogP contribution in [0.4, 0.5) is 5.69 Å². The van der Waals surface area contributed by atoms with E-state index >= 15 is 0 Å². The Kier molecular flexibility index (Phi) is 6.13. The molecule has 1 aromatic heterocycles. The molecule has 2 heterocycles. The normalized spacial score (nSPS) is 17.6. The van der Waals surface area contributed by atoms with E-state index in [0.717, 1.165) is 5.69 Å². The molecule has 1 aliphatic heterocycles. The molecule has 2 N–H and O–H groups in total. The number of hydrogen-bond donors (Lipinski definition) is 2. The summed E-state index contributed by atoms with van der Waals surface area (Å²) in [6, 6.07) is 12.1. The number of nitrogens with zero attached hydrogens (tertiary/aromatic N) is 1. The molecule has 0 aliphatic carbocycles. The fourth-order valence-electron chi connectivity index (χ4n) is 3.24. The molecule has 3 amide bonds. The first-order chi connectivity index (χ1) is 13.5. The number of benzene rings is 1. The molecule has 1 aromatic carbocycles. The van der Waals surface area contributed by atoms with E-state index in [1.165, 1.54) is 0 Å². The second kappa shape index (κ2) is 8.73. The molecule has 7 heteroatoms. The van der Waals surface area contributed by atoms with Gasteiger partial charge in [-0.1, -0.05) is 32.0 Å². The van der Waals surface area contributed by atoms with Crippen LogP contribution in [0.15, 0.2) is 53.1 Å². The van der Waals surface area contributed by atoms with E-state index in [1.54, 1.807) is 23.3 Å². The lowest BCUT2D eigenvalue weighted by Crippen LogP contribution is -2.51. The molecule has 7 nitrogen and oxygen atoms in total. The maximum absolute atomic E-state index is 12.7. The average Bonchev–Trinajstić information content (AvgIpc) is 3.34. The highest BCUT2D eigenvalue weighted by atomic mass is 16.3. The predicted molar refractivity (Wildman–Crippen MR) is 104 cm³/mol. The van der Waals surface area contributed by atoms with Crippen molar-refractivity contribution in [2.75, 3.05) is 11.4 Å². The van der Waals surface area contributed by atoms with Gasteiger partial charge in [0, 0.05) is 18.7 Å². The molecule has 3 rings (SSSR count). The third-order valence-corrected chi connectivity index (χ3v) is 4.83. The third kappa shape index (κ3) is 4.60. The lowest BCUT2D eigenvalue weighted by Gasteiger charge is -2.23. The maximum Gasteiger partial charge on any atom is 0.243 e. The molecule has 2 aromatic rings. The summed E-state index contributed by atoms with van der Waals surface area (Å²) in [5.74, 6) is -0.575. The van der Waals surface area contributed by atoms with Gasteiger partial charge in [-0.15, -0.1) is 0 Å². The number of carbonyl (C=O) groups excluding carboxylic acids is 3. The lowest BCUT2D eigenvalue weighted by molar-refractivity contribution is -0.132. The number of amides is 3. The maximum atomic E-state index is 12.7. The molecule has 148 valence electrons. The molecule has 2 unspecified atom stereocenters. The summed E-state index contributed by atoms with van der Waals surface area (Å²) in [5.41, 5.74) is 0.777. The molecule has 28 heavy (non-hydrogen) atoms. The zero-order chi connectivity index (χ0) is 20.1. The van der Waals surface area contributed by atoms with Crippen LogP contribution in [0, 0.1) is 11.8 Å². The molecular formula is C21H25N3O4. The number of carbonyl (C=O) groups is 3. The highest BCUT2D eigenvalue weighted by molar-refractivity contribution is 6.01. The topological polar surface area (TPSA) is 91.7 Å². The first kappa shape index (κ1) is 19.7. The van der Waals surface area contributed by atoms with Gasteiger partial charge in [0.15, 0.2) is 0 Å². The van der Waals surface area contributed by atoms with E-state index in [0.29, 0.717) is 12.3 Å². The lowest BCUT2D eigenvalue weighted by atomic mass is 10.0. The quantitative estimate of drug-likeness (QED) is 0.766. The summed E-state index contributed by atoms with van der Waals surface area (Å²) in [6.07, 6.45) is 1.68. The Hall–Kier alpha value is -3.09. The second-order valence-electron chi connectivity index (χ2n) is 7.27. The average molecular weight is 383 g/mol. The zero-order valence-corrected chi connectivity index (χ0v) is 16.1. The van der Waals surface area contributed by atoms with Crippen molar-refractivity contribution >= 4 is 23.4 Å². The van der Waals surface area contributed by atoms with Crippen LogP contribution >= 0.6 is 0 Å². The minimum atomic E-state index is -0.677. The van der Waals surface area contributed by atoms with E-state index < -0.39 is 12.0 Å². The van der Waals surface area contributed by atoms with Gasteiger partial charge < -0.3 is 20.0 Å². The fraction of sp³-hybridized carbons (Fsp3) is 0.381. The number of rotatable bonds is 7. The summed E-state index contributed by atoms with van der Waals surface area (Å²) in [6.45, 7) is 4.31. The van der Waals surface area contributed by atoms with E-state index in [2.05, 4.69) is 10.6 Å². The van der Waals surface area contributed by atoms with Crippen molar-refractivity contribution in [2.45, 2.75) is 32.9 Å². The van der Waals surface area contributed by atoms with Gasteiger partial charge in [0.25, 0.3) is 0 Å². The Morgan fingerprint density at radius 2 is 1.93 bits per heavy atom. The first-order valence-corrected chi connectivity index (χ1v) is 9.41. The molecule has 1 fully saturated rings. The summed E-state index contributed by atoms with van der Waals surface area (Å²) >= 11 is 0. The Bertz CT molecular complexity index is 817. The minimum Gasteiger partial charge on any atom is -0.467 e. The first-order valence-electron chi connectivity index (χ1n) is 9.41. The van der Waals surface area contributed by atoms with Gasteiger partial charge in [-0.05, 0) is 30.2 Å². The van der Waals surface area contributed by atoms with Crippen LogP contribution in [0.1, 0.15) is 26.0 Å². The van der Waals surface area contributed by atoms with Crippen LogP contribution in [-0.4, -0.2) is 30.3 Å². The second-order valence-corrected chi connectivity index (χ2v) is 7.27. The van der Waals surface area contributed by atoms with Crippen LogP contribution in [0.3, 0.4) is 0 Å². The van der Waals surface area contributed by atoms with Gasteiger partial charge >= 0.3 is 0 Å². The van der Waals surface area contributed by atoms with Crippen molar-refractivity contribution in [1.29, 1.82) is 0 Å². The predicted octanol–water partition coefficient (Wildman–Crippen LogP) is 2.09. The Balaban J connectivity index is 1.59. The van der Waals surface area contributed by atoms with E-state index in [9.17, 15) is 14.4 Å². The fourth-order valence-corrected chi connectivity index (χ4v) is 3.24. The van der Waals surface area contributed by atoms with E-state index in [4.69, 9.17) is 4.42 Å². The van der Waals surface area contributed by atoms with Crippen LogP contribution in [-0.2, 0) is 20.9 Å². The summed E-state index contributed by atoms with van der Waals surface area (Å²) in [7, 11) is 0. The Morgan fingerprint density at radius 3 is 2.57 bits per heavy atom. The molecule has 0 saturated carbocycles. The van der Waals surface area contributed by atoms with Crippen LogP contribution in [0.2, 0.25) is 0 Å².